The highest BCUT2D eigenvalue weighted by Crippen LogP contribution is 2.35. The van der Waals surface area contributed by atoms with Gasteiger partial charge >= 0.3 is 0 Å². The van der Waals surface area contributed by atoms with Crippen molar-refractivity contribution in [1.29, 1.82) is 5.26 Å². The third kappa shape index (κ3) is 3.88. The molecule has 3 aromatic carbocycles. The zero-order chi connectivity index (χ0) is 24.9. The molecule has 1 aliphatic heterocycles. The molecule has 182 valence electrons. The lowest BCUT2D eigenvalue weighted by Crippen LogP contribution is -2.30. The number of carbonyl (C=O) groups excluding carboxylic acids is 1. The average Bonchev–Trinajstić information content (AvgIpc) is 3.32. The number of amides is 1. The van der Waals surface area contributed by atoms with E-state index in [-0.39, 0.29) is 5.92 Å². The van der Waals surface area contributed by atoms with Crippen molar-refractivity contribution >= 4 is 27.9 Å². The van der Waals surface area contributed by atoms with Gasteiger partial charge in [0.05, 0.1) is 22.9 Å². The molecule has 1 saturated heterocycles. The minimum Gasteiger partial charge on any atom is -0.464 e. The van der Waals surface area contributed by atoms with Crippen molar-refractivity contribution in [2.24, 2.45) is 11.8 Å². The normalized spacial score (nSPS) is 17.5. The third-order valence-electron chi connectivity index (χ3n) is 7.78. The first-order chi connectivity index (χ1) is 18.2. The van der Waals surface area contributed by atoms with E-state index in [1.54, 1.807) is 6.26 Å². The number of hydrogen-bond donors (Lipinski definition) is 0. The number of nitrogens with zero attached hydrogens (tertiary/aromatic N) is 4. The quantitative estimate of drug-likeness (QED) is 0.294. The van der Waals surface area contributed by atoms with E-state index < -0.39 is 0 Å². The summed E-state index contributed by atoms with van der Waals surface area (Å²) >= 11 is 0. The number of fused-ring (bicyclic) bond motifs is 2. The Bertz CT molecular complexity index is 1680. The fourth-order valence-corrected chi connectivity index (χ4v) is 5.66. The molecule has 37 heavy (non-hydrogen) atoms. The first kappa shape index (κ1) is 21.9. The summed E-state index contributed by atoms with van der Waals surface area (Å²) < 4.78 is 7.68. The monoisotopic (exact) mass is 486 g/mol. The van der Waals surface area contributed by atoms with E-state index in [1.807, 2.05) is 35.2 Å². The van der Waals surface area contributed by atoms with Gasteiger partial charge in [-0.3, -0.25) is 4.79 Å². The number of carbonyl (C=O) groups is 1. The Hall–Kier alpha value is -4.37. The molecule has 2 aromatic heterocycles. The molecule has 1 saturated carbocycles. The minimum absolute atomic E-state index is 0.251. The van der Waals surface area contributed by atoms with E-state index >= 15 is 0 Å². The average molecular weight is 487 g/mol. The Morgan fingerprint density at radius 3 is 2.62 bits per heavy atom. The molecule has 0 N–H and O–H groups in total. The summed E-state index contributed by atoms with van der Waals surface area (Å²) in [5.74, 6) is 1.77. The molecule has 1 atom stereocenters. The van der Waals surface area contributed by atoms with Gasteiger partial charge in [-0.15, -0.1) is 0 Å². The van der Waals surface area contributed by atoms with Crippen LogP contribution in [0.1, 0.15) is 24.8 Å². The first-order valence-corrected chi connectivity index (χ1v) is 12.9. The minimum atomic E-state index is 0.251. The summed E-state index contributed by atoms with van der Waals surface area (Å²) in [6, 6.07) is 24.7. The molecule has 2 aliphatic rings. The number of nitriles is 1. The Labute approximate surface area is 214 Å². The van der Waals surface area contributed by atoms with E-state index in [1.165, 1.54) is 0 Å². The summed E-state index contributed by atoms with van der Waals surface area (Å²) in [7, 11) is 0. The van der Waals surface area contributed by atoms with Crippen molar-refractivity contribution in [2.75, 3.05) is 13.1 Å². The maximum atomic E-state index is 12.6. The van der Waals surface area contributed by atoms with Crippen LogP contribution in [0.25, 0.3) is 44.5 Å². The molecule has 6 nitrogen and oxygen atoms in total. The number of aromatic nitrogens is 2. The zero-order valence-corrected chi connectivity index (χ0v) is 20.4. The SMILES string of the molecule is N#Cc1cccc2nc(-c3ccc(-c4ccc5occc5c4)cc3)n(C[C@H]3CCN(C(=O)C4CC4)C3)c12. The highest BCUT2D eigenvalue weighted by molar-refractivity contribution is 5.87. The third-order valence-corrected chi connectivity index (χ3v) is 7.78. The molecule has 2 fully saturated rings. The highest BCUT2D eigenvalue weighted by Gasteiger charge is 2.37. The van der Waals surface area contributed by atoms with Crippen LogP contribution in [-0.4, -0.2) is 33.4 Å². The Kier molecular flexibility index (Phi) is 5.10. The van der Waals surface area contributed by atoms with Crippen LogP contribution >= 0.6 is 0 Å². The van der Waals surface area contributed by atoms with Crippen LogP contribution in [0.4, 0.5) is 0 Å². The summed E-state index contributed by atoms with van der Waals surface area (Å²) in [6.07, 6.45) is 4.76. The molecule has 0 unspecified atom stereocenters. The van der Waals surface area contributed by atoms with E-state index in [9.17, 15) is 10.1 Å². The van der Waals surface area contributed by atoms with E-state index in [0.717, 1.165) is 83.4 Å². The van der Waals surface area contributed by atoms with Crippen LogP contribution in [0.3, 0.4) is 0 Å². The lowest BCUT2D eigenvalue weighted by molar-refractivity contribution is -0.131. The topological polar surface area (TPSA) is 75.1 Å². The maximum Gasteiger partial charge on any atom is 0.225 e. The van der Waals surface area contributed by atoms with Gasteiger partial charge in [0.2, 0.25) is 5.91 Å². The highest BCUT2D eigenvalue weighted by atomic mass is 16.3. The molecule has 6 heteroatoms. The number of benzene rings is 3. The number of rotatable bonds is 5. The summed E-state index contributed by atoms with van der Waals surface area (Å²) in [6.45, 7) is 2.33. The summed E-state index contributed by atoms with van der Waals surface area (Å²) in [5, 5.41) is 10.9. The van der Waals surface area contributed by atoms with Crippen molar-refractivity contribution < 1.29 is 9.21 Å². The molecule has 0 spiro atoms. The van der Waals surface area contributed by atoms with Gasteiger partial charge < -0.3 is 13.9 Å². The van der Waals surface area contributed by atoms with E-state index in [2.05, 4.69) is 47.0 Å². The summed E-state index contributed by atoms with van der Waals surface area (Å²) in [5.41, 5.74) is 6.48. The molecule has 0 radical (unpaired) electrons. The van der Waals surface area contributed by atoms with Gasteiger partial charge in [0.25, 0.3) is 0 Å². The first-order valence-electron chi connectivity index (χ1n) is 12.9. The number of hydrogen-bond acceptors (Lipinski definition) is 4. The van der Waals surface area contributed by atoms with Crippen LogP contribution < -0.4 is 0 Å². The molecule has 0 bridgehead atoms. The second-order valence-corrected chi connectivity index (χ2v) is 10.3. The van der Waals surface area contributed by atoms with E-state index in [0.29, 0.717) is 17.4 Å². The maximum absolute atomic E-state index is 12.6. The van der Waals surface area contributed by atoms with Crippen molar-refractivity contribution in [1.82, 2.24) is 14.5 Å². The lowest BCUT2D eigenvalue weighted by Gasteiger charge is -2.18. The van der Waals surface area contributed by atoms with Gasteiger partial charge in [0, 0.05) is 36.5 Å². The lowest BCUT2D eigenvalue weighted by atomic mass is 10.0. The molecule has 7 rings (SSSR count). The van der Waals surface area contributed by atoms with Crippen LogP contribution in [0.5, 0.6) is 0 Å². The van der Waals surface area contributed by atoms with Crippen molar-refractivity contribution in [3.63, 3.8) is 0 Å². The van der Waals surface area contributed by atoms with Gasteiger partial charge in [0.15, 0.2) is 0 Å². The van der Waals surface area contributed by atoms with Crippen LogP contribution in [0.2, 0.25) is 0 Å². The largest absolute Gasteiger partial charge is 0.464 e. The second-order valence-electron chi connectivity index (χ2n) is 10.3. The molecule has 1 amide bonds. The van der Waals surface area contributed by atoms with Gasteiger partial charge in [-0.1, -0.05) is 36.4 Å². The van der Waals surface area contributed by atoms with Gasteiger partial charge in [-0.2, -0.15) is 5.26 Å². The zero-order valence-electron chi connectivity index (χ0n) is 20.4. The molecule has 5 aromatic rings. The molecule has 3 heterocycles. The van der Waals surface area contributed by atoms with Gasteiger partial charge in [0.1, 0.15) is 17.5 Å². The van der Waals surface area contributed by atoms with Crippen molar-refractivity contribution in [3.05, 3.63) is 78.6 Å². The fraction of sp³-hybridized carbons (Fsp3) is 0.258. The predicted molar refractivity (Wildman–Crippen MR) is 143 cm³/mol. The number of para-hydroxylation sites is 1. The van der Waals surface area contributed by atoms with Crippen LogP contribution in [0.15, 0.2) is 77.4 Å². The van der Waals surface area contributed by atoms with Gasteiger partial charge in [-0.05, 0) is 66.6 Å². The van der Waals surface area contributed by atoms with E-state index in [4.69, 9.17) is 9.40 Å². The van der Waals surface area contributed by atoms with Crippen molar-refractivity contribution in [3.8, 4) is 28.6 Å². The number of likely N-dealkylation sites (tertiary alicyclic amines) is 1. The molecular formula is C31H26N4O2. The number of imidazole rings is 1. The fourth-order valence-electron chi connectivity index (χ4n) is 5.66. The predicted octanol–water partition coefficient (Wildman–Crippen LogP) is 6.25. The summed E-state index contributed by atoms with van der Waals surface area (Å²) in [4.78, 5) is 19.6. The Morgan fingerprint density at radius 2 is 1.81 bits per heavy atom. The molecule has 1 aliphatic carbocycles. The van der Waals surface area contributed by atoms with Crippen molar-refractivity contribution in [2.45, 2.75) is 25.8 Å². The van der Waals surface area contributed by atoms with Crippen LogP contribution in [-0.2, 0) is 11.3 Å². The van der Waals surface area contributed by atoms with Crippen LogP contribution in [0, 0.1) is 23.2 Å². The smallest absolute Gasteiger partial charge is 0.225 e. The molecular weight excluding hydrogens is 460 g/mol. The second kappa shape index (κ2) is 8.63. The van der Waals surface area contributed by atoms with Gasteiger partial charge in [-0.25, -0.2) is 4.98 Å². The number of furan rings is 1. The Balaban J connectivity index is 1.24. The standard InChI is InChI=1S/C31H26N4O2/c32-17-26-2-1-3-27-29(26)35(19-20-12-14-34(18-20)31(36)23-8-9-23)30(33-27)22-6-4-21(5-7-22)24-10-11-28-25(16-24)13-15-37-28/h1-7,10-11,13,15-16,20,23H,8-9,12,14,18-19H2/t20-/m0/s1. The Morgan fingerprint density at radius 1 is 1.00 bits per heavy atom.